The number of aromatic nitrogens is 1. The van der Waals surface area contributed by atoms with Gasteiger partial charge in [0.15, 0.2) is 5.13 Å². The molecule has 0 unspecified atom stereocenters. The fourth-order valence-electron chi connectivity index (χ4n) is 3.24. The molecule has 0 saturated carbocycles. The third-order valence-electron chi connectivity index (χ3n) is 5.15. The molecule has 0 spiro atoms. The van der Waals surface area contributed by atoms with E-state index in [1.807, 2.05) is 19.1 Å². The van der Waals surface area contributed by atoms with Crippen LogP contribution in [-0.2, 0) is 4.79 Å². The zero-order valence-corrected chi connectivity index (χ0v) is 20.4. The lowest BCUT2D eigenvalue weighted by molar-refractivity contribution is -0.118. The Labute approximate surface area is 196 Å². The Morgan fingerprint density at radius 1 is 1.13 bits per heavy atom. The summed E-state index contributed by atoms with van der Waals surface area (Å²) in [6, 6.07) is 10.2. The van der Waals surface area contributed by atoms with Crippen molar-refractivity contribution in [2.75, 3.05) is 36.8 Å². The van der Waals surface area contributed by atoms with Crippen molar-refractivity contribution in [1.29, 1.82) is 0 Å². The van der Waals surface area contributed by atoms with Gasteiger partial charge in [-0.1, -0.05) is 42.9 Å². The Bertz CT molecular complexity index is 983. The molecule has 0 bridgehead atoms. The lowest BCUT2D eigenvalue weighted by Crippen LogP contribution is -2.39. The predicted octanol–water partition coefficient (Wildman–Crippen LogP) is 6.25. The van der Waals surface area contributed by atoms with Crippen LogP contribution >= 0.6 is 34.7 Å². The van der Waals surface area contributed by atoms with E-state index in [0.29, 0.717) is 28.9 Å². The van der Waals surface area contributed by atoms with Crippen molar-refractivity contribution >= 4 is 56.0 Å². The van der Waals surface area contributed by atoms with Crippen LogP contribution in [0.4, 0.5) is 9.52 Å². The molecule has 166 valence electrons. The number of thioether (sulfide) groups is 1. The number of amides is 1. The number of halogens is 2. The lowest BCUT2D eigenvalue weighted by atomic mass is 10.2. The summed E-state index contributed by atoms with van der Waals surface area (Å²) in [4.78, 5) is 23.0. The maximum Gasteiger partial charge on any atom is 0.229 e. The topological polar surface area (TPSA) is 36.4 Å². The summed E-state index contributed by atoms with van der Waals surface area (Å²) in [5, 5.41) is 1.35. The molecule has 0 aliphatic carbocycles. The SMILES string of the molecule is CCN(CC)CCN(C(=O)CCSc1ccc(F)cc1)c1nc2c(C)ccc(Cl)c2s1. The molecular weight excluding hydrogens is 453 g/mol. The molecule has 0 radical (unpaired) electrons. The normalized spacial score (nSPS) is 11.4. The molecule has 1 amide bonds. The van der Waals surface area contributed by atoms with Crippen LogP contribution in [0, 0.1) is 12.7 Å². The van der Waals surface area contributed by atoms with Gasteiger partial charge in [-0.05, 0) is 55.9 Å². The first-order valence-electron chi connectivity index (χ1n) is 10.4. The van der Waals surface area contributed by atoms with Gasteiger partial charge in [-0.15, -0.1) is 11.8 Å². The molecule has 3 rings (SSSR count). The van der Waals surface area contributed by atoms with E-state index in [-0.39, 0.29) is 11.7 Å². The lowest BCUT2D eigenvalue weighted by Gasteiger charge is -2.24. The summed E-state index contributed by atoms with van der Waals surface area (Å²) < 4.78 is 14.0. The van der Waals surface area contributed by atoms with Crippen LogP contribution in [0.2, 0.25) is 5.02 Å². The van der Waals surface area contributed by atoms with Gasteiger partial charge in [-0.25, -0.2) is 9.37 Å². The minimum Gasteiger partial charge on any atom is -0.302 e. The minimum absolute atomic E-state index is 0.0367. The Morgan fingerprint density at radius 3 is 2.48 bits per heavy atom. The Kier molecular flexibility index (Phi) is 8.72. The molecule has 0 saturated heterocycles. The van der Waals surface area contributed by atoms with Crippen LogP contribution in [0.3, 0.4) is 0 Å². The third kappa shape index (κ3) is 6.19. The number of rotatable bonds is 10. The largest absolute Gasteiger partial charge is 0.302 e. The van der Waals surface area contributed by atoms with E-state index < -0.39 is 0 Å². The van der Waals surface area contributed by atoms with Gasteiger partial charge >= 0.3 is 0 Å². The number of nitrogens with zero attached hydrogens (tertiary/aromatic N) is 3. The fraction of sp³-hybridized carbons (Fsp3) is 0.391. The minimum atomic E-state index is -0.257. The van der Waals surface area contributed by atoms with Gasteiger partial charge in [0.2, 0.25) is 5.91 Å². The smallest absolute Gasteiger partial charge is 0.229 e. The standard InChI is InChI=1S/C23H27ClFN3OS2/c1-4-27(5-2)13-14-28(20(29)12-15-30-18-9-7-17(25)8-10-18)23-26-21-16(3)6-11-19(24)22(21)31-23/h6-11H,4-5,12-15H2,1-3H3. The van der Waals surface area contributed by atoms with E-state index in [1.54, 1.807) is 28.8 Å². The molecule has 31 heavy (non-hydrogen) atoms. The molecule has 1 aromatic heterocycles. The first kappa shape index (κ1) is 24.0. The molecule has 1 heterocycles. The summed E-state index contributed by atoms with van der Waals surface area (Å²) in [5.74, 6) is 0.402. The molecule has 0 aliphatic rings. The molecule has 4 nitrogen and oxygen atoms in total. The Balaban J connectivity index is 1.77. The van der Waals surface area contributed by atoms with Crippen LogP contribution in [0.1, 0.15) is 25.8 Å². The summed E-state index contributed by atoms with van der Waals surface area (Å²) in [5.41, 5.74) is 1.90. The van der Waals surface area contributed by atoms with E-state index in [4.69, 9.17) is 16.6 Å². The highest BCUT2D eigenvalue weighted by molar-refractivity contribution is 7.99. The first-order valence-corrected chi connectivity index (χ1v) is 12.6. The second-order valence-corrected chi connectivity index (χ2v) is 9.72. The van der Waals surface area contributed by atoms with Crippen LogP contribution in [0.5, 0.6) is 0 Å². The monoisotopic (exact) mass is 479 g/mol. The fourth-order valence-corrected chi connectivity index (χ4v) is 5.44. The van der Waals surface area contributed by atoms with Gasteiger partial charge in [0.25, 0.3) is 0 Å². The van der Waals surface area contributed by atoms with Crippen LogP contribution in [-0.4, -0.2) is 47.7 Å². The molecule has 0 fully saturated rings. The van der Waals surface area contributed by atoms with Gasteiger partial charge in [0.05, 0.1) is 15.2 Å². The van der Waals surface area contributed by atoms with E-state index in [9.17, 15) is 9.18 Å². The van der Waals surface area contributed by atoms with E-state index in [1.165, 1.54) is 23.5 Å². The number of benzene rings is 2. The van der Waals surface area contributed by atoms with Gasteiger partial charge < -0.3 is 4.90 Å². The number of carbonyl (C=O) groups excluding carboxylic acids is 1. The van der Waals surface area contributed by atoms with Crippen LogP contribution < -0.4 is 4.90 Å². The van der Waals surface area contributed by atoms with Crippen LogP contribution in [0.25, 0.3) is 10.2 Å². The van der Waals surface area contributed by atoms with Gasteiger partial charge in [0.1, 0.15) is 5.82 Å². The highest BCUT2D eigenvalue weighted by Gasteiger charge is 2.21. The van der Waals surface area contributed by atoms with Crippen molar-refractivity contribution in [2.24, 2.45) is 0 Å². The second-order valence-electron chi connectivity index (χ2n) is 7.16. The van der Waals surface area contributed by atoms with Crippen molar-refractivity contribution in [3.05, 3.63) is 52.8 Å². The van der Waals surface area contributed by atoms with Crippen molar-refractivity contribution in [3.8, 4) is 0 Å². The predicted molar refractivity (Wildman–Crippen MR) is 131 cm³/mol. The Morgan fingerprint density at radius 2 is 1.84 bits per heavy atom. The van der Waals surface area contributed by atoms with Gasteiger partial charge in [-0.3, -0.25) is 9.69 Å². The van der Waals surface area contributed by atoms with Gasteiger partial charge in [0, 0.05) is 30.2 Å². The number of fused-ring (bicyclic) bond motifs is 1. The van der Waals surface area contributed by atoms with E-state index in [0.717, 1.165) is 40.3 Å². The molecular formula is C23H27ClFN3OS2. The average Bonchev–Trinajstić information content (AvgIpc) is 3.22. The highest BCUT2D eigenvalue weighted by Crippen LogP contribution is 2.36. The molecule has 0 atom stereocenters. The number of hydrogen-bond acceptors (Lipinski definition) is 5. The third-order valence-corrected chi connectivity index (χ3v) is 7.70. The molecule has 3 aromatic rings. The zero-order valence-electron chi connectivity index (χ0n) is 18.0. The Hall–Kier alpha value is -1.67. The maximum absolute atomic E-state index is 13.2. The second kappa shape index (κ2) is 11.3. The number of aryl methyl sites for hydroxylation is 1. The zero-order chi connectivity index (χ0) is 22.4. The average molecular weight is 480 g/mol. The van der Waals surface area contributed by atoms with Gasteiger partial charge in [-0.2, -0.15) is 0 Å². The number of likely N-dealkylation sites (N-methyl/N-ethyl adjacent to an activating group) is 1. The van der Waals surface area contributed by atoms with Crippen LogP contribution in [0.15, 0.2) is 41.3 Å². The molecule has 0 N–H and O–H groups in total. The maximum atomic E-state index is 13.2. The first-order chi connectivity index (χ1) is 14.9. The number of thiazole rings is 1. The quantitative estimate of drug-likeness (QED) is 0.322. The molecule has 8 heteroatoms. The molecule has 2 aromatic carbocycles. The summed E-state index contributed by atoms with van der Waals surface area (Å²) in [6.45, 7) is 9.48. The highest BCUT2D eigenvalue weighted by atomic mass is 35.5. The summed E-state index contributed by atoms with van der Waals surface area (Å²) >= 11 is 9.41. The summed E-state index contributed by atoms with van der Waals surface area (Å²) in [6.07, 6.45) is 0.378. The van der Waals surface area contributed by atoms with Crippen molar-refractivity contribution in [3.63, 3.8) is 0 Å². The van der Waals surface area contributed by atoms with E-state index >= 15 is 0 Å². The van der Waals surface area contributed by atoms with E-state index in [2.05, 4.69) is 18.7 Å². The van der Waals surface area contributed by atoms with Crippen molar-refractivity contribution < 1.29 is 9.18 Å². The number of carbonyl (C=O) groups is 1. The number of anilines is 1. The summed E-state index contributed by atoms with van der Waals surface area (Å²) in [7, 11) is 0. The van der Waals surface area contributed by atoms with Crippen molar-refractivity contribution in [1.82, 2.24) is 9.88 Å². The number of hydrogen-bond donors (Lipinski definition) is 0. The molecule has 0 aliphatic heterocycles. The van der Waals surface area contributed by atoms with Crippen molar-refractivity contribution in [2.45, 2.75) is 32.1 Å².